The van der Waals surface area contributed by atoms with Crippen LogP contribution >= 0.6 is 11.8 Å². The number of nitrogens with one attached hydrogen (secondary N) is 1. The summed E-state index contributed by atoms with van der Waals surface area (Å²) in [7, 11) is 1.16. The summed E-state index contributed by atoms with van der Waals surface area (Å²) in [6, 6.07) is 8.68. The van der Waals surface area contributed by atoms with E-state index in [2.05, 4.69) is 10.1 Å². The van der Waals surface area contributed by atoms with E-state index in [1.54, 1.807) is 0 Å². The molecule has 0 heterocycles. The Bertz CT molecular complexity index is 794. The van der Waals surface area contributed by atoms with E-state index in [-0.39, 0.29) is 22.0 Å². The molecule has 8 heteroatoms. The summed E-state index contributed by atoms with van der Waals surface area (Å²) in [4.78, 5) is 36.1. The molecular formula is C18H15F2NO4S. The molecule has 26 heavy (non-hydrogen) atoms. The van der Waals surface area contributed by atoms with Crippen LogP contribution in [0.5, 0.6) is 0 Å². The molecule has 0 aliphatic rings. The third-order valence-corrected chi connectivity index (χ3v) is 4.36. The lowest BCUT2D eigenvalue weighted by Crippen LogP contribution is -2.43. The molecule has 0 saturated heterocycles. The first-order valence-electron chi connectivity index (χ1n) is 7.47. The standard InChI is InChI=1S/C18H15F2NO4S/c1-25-17(23)15(21-16(22)11-2-6-13(19)7-3-11)10-26-18(24)12-4-8-14(20)9-5-12/h2-9,15H,10H2,1H3,(H,21,22)/t15-/m0/s1. The third kappa shape index (κ3) is 5.38. The van der Waals surface area contributed by atoms with Gasteiger partial charge in [0.15, 0.2) is 0 Å². The summed E-state index contributed by atoms with van der Waals surface area (Å²) in [5, 5.41) is 2.07. The first kappa shape index (κ1) is 19.6. The maximum absolute atomic E-state index is 12.9. The fraction of sp³-hybridized carbons (Fsp3) is 0.167. The van der Waals surface area contributed by atoms with Crippen molar-refractivity contribution in [3.8, 4) is 0 Å². The largest absolute Gasteiger partial charge is 0.467 e. The average Bonchev–Trinajstić information content (AvgIpc) is 2.65. The molecule has 5 nitrogen and oxygen atoms in total. The second-order valence-corrected chi connectivity index (χ2v) is 6.15. The maximum Gasteiger partial charge on any atom is 0.329 e. The van der Waals surface area contributed by atoms with Crippen LogP contribution in [0.3, 0.4) is 0 Å². The fourth-order valence-electron chi connectivity index (χ4n) is 1.98. The number of carbonyl (C=O) groups is 3. The van der Waals surface area contributed by atoms with E-state index < -0.39 is 29.6 Å². The summed E-state index contributed by atoms with van der Waals surface area (Å²) in [5.74, 6) is -2.36. The number of ether oxygens (including phenoxy) is 1. The molecule has 0 radical (unpaired) electrons. The molecule has 0 bridgehead atoms. The number of esters is 1. The van der Waals surface area contributed by atoms with Gasteiger partial charge in [-0.3, -0.25) is 9.59 Å². The highest BCUT2D eigenvalue weighted by Gasteiger charge is 2.24. The predicted molar refractivity (Wildman–Crippen MR) is 92.9 cm³/mol. The average molecular weight is 379 g/mol. The second-order valence-electron chi connectivity index (χ2n) is 5.16. The maximum atomic E-state index is 12.9. The van der Waals surface area contributed by atoms with E-state index in [1.807, 2.05) is 0 Å². The highest BCUT2D eigenvalue weighted by Crippen LogP contribution is 2.15. The van der Waals surface area contributed by atoms with Crippen LogP contribution in [0, 0.1) is 11.6 Å². The number of amides is 1. The van der Waals surface area contributed by atoms with Gasteiger partial charge in [-0.1, -0.05) is 11.8 Å². The van der Waals surface area contributed by atoms with Gasteiger partial charge in [0.1, 0.15) is 17.7 Å². The molecule has 2 aromatic carbocycles. The number of hydrogen-bond acceptors (Lipinski definition) is 5. The Morgan fingerprint density at radius 3 is 1.96 bits per heavy atom. The van der Waals surface area contributed by atoms with Crippen molar-refractivity contribution >= 4 is 28.8 Å². The van der Waals surface area contributed by atoms with Crippen molar-refractivity contribution in [2.45, 2.75) is 6.04 Å². The Kier molecular flexibility index (Phi) is 6.85. The van der Waals surface area contributed by atoms with Crippen LogP contribution in [0.1, 0.15) is 20.7 Å². The minimum absolute atomic E-state index is 0.0736. The summed E-state index contributed by atoms with van der Waals surface area (Å²) < 4.78 is 30.5. The molecule has 2 rings (SSSR count). The molecule has 0 aliphatic heterocycles. The van der Waals surface area contributed by atoms with E-state index in [4.69, 9.17) is 0 Å². The number of thioether (sulfide) groups is 1. The normalized spacial score (nSPS) is 11.5. The van der Waals surface area contributed by atoms with Crippen LogP contribution < -0.4 is 5.32 Å². The fourth-order valence-corrected chi connectivity index (χ4v) is 2.82. The number of carbonyl (C=O) groups excluding carboxylic acids is 3. The van der Waals surface area contributed by atoms with Gasteiger partial charge >= 0.3 is 5.97 Å². The van der Waals surface area contributed by atoms with Gasteiger partial charge in [0.25, 0.3) is 5.91 Å². The molecule has 136 valence electrons. The Balaban J connectivity index is 2.01. The van der Waals surface area contributed by atoms with Crippen LogP contribution in [0.4, 0.5) is 8.78 Å². The lowest BCUT2D eigenvalue weighted by molar-refractivity contribution is -0.142. The molecule has 0 unspecified atom stereocenters. The van der Waals surface area contributed by atoms with E-state index in [0.717, 1.165) is 43.1 Å². The minimum Gasteiger partial charge on any atom is -0.467 e. The SMILES string of the molecule is COC(=O)[C@H](CSC(=O)c1ccc(F)cc1)NC(=O)c1ccc(F)cc1. The predicted octanol–water partition coefficient (Wildman–Crippen LogP) is 2.81. The van der Waals surface area contributed by atoms with Crippen molar-refractivity contribution in [1.29, 1.82) is 0 Å². The van der Waals surface area contributed by atoms with Crippen LogP contribution in [-0.4, -0.2) is 35.9 Å². The molecule has 0 fully saturated rings. The van der Waals surface area contributed by atoms with Gasteiger partial charge < -0.3 is 10.1 Å². The quantitative estimate of drug-likeness (QED) is 0.782. The van der Waals surface area contributed by atoms with Crippen molar-refractivity contribution < 1.29 is 27.9 Å². The Labute approximate surface area is 152 Å². The Morgan fingerprint density at radius 2 is 1.46 bits per heavy atom. The van der Waals surface area contributed by atoms with Crippen molar-refractivity contribution in [3.63, 3.8) is 0 Å². The Hall–Kier alpha value is -2.74. The molecular weight excluding hydrogens is 364 g/mol. The van der Waals surface area contributed by atoms with Crippen molar-refractivity contribution in [2.75, 3.05) is 12.9 Å². The number of hydrogen-bond donors (Lipinski definition) is 1. The second kappa shape index (κ2) is 9.10. The smallest absolute Gasteiger partial charge is 0.329 e. The summed E-state index contributed by atoms with van der Waals surface area (Å²) in [6.07, 6.45) is 0. The van der Waals surface area contributed by atoms with Gasteiger partial charge in [0, 0.05) is 16.9 Å². The van der Waals surface area contributed by atoms with Crippen LogP contribution in [0.2, 0.25) is 0 Å². The molecule has 1 N–H and O–H groups in total. The summed E-state index contributed by atoms with van der Waals surface area (Å²) >= 11 is 0.790. The van der Waals surface area contributed by atoms with Crippen molar-refractivity contribution in [2.24, 2.45) is 0 Å². The summed E-state index contributed by atoms with van der Waals surface area (Å²) in [6.45, 7) is 0. The third-order valence-electron chi connectivity index (χ3n) is 3.36. The molecule has 0 saturated carbocycles. The monoisotopic (exact) mass is 379 g/mol. The zero-order valence-corrected chi connectivity index (χ0v) is 14.5. The van der Waals surface area contributed by atoms with Gasteiger partial charge in [-0.05, 0) is 48.5 Å². The van der Waals surface area contributed by atoms with E-state index >= 15 is 0 Å². The lowest BCUT2D eigenvalue weighted by atomic mass is 10.2. The van der Waals surface area contributed by atoms with Gasteiger partial charge in [-0.2, -0.15) is 0 Å². The highest BCUT2D eigenvalue weighted by molar-refractivity contribution is 8.14. The van der Waals surface area contributed by atoms with Gasteiger partial charge in [0.05, 0.1) is 7.11 Å². The molecule has 0 aromatic heterocycles. The number of rotatable bonds is 6. The van der Waals surface area contributed by atoms with E-state index in [9.17, 15) is 23.2 Å². The van der Waals surface area contributed by atoms with Gasteiger partial charge in [0.2, 0.25) is 5.12 Å². The zero-order chi connectivity index (χ0) is 19.1. The molecule has 1 atom stereocenters. The number of benzene rings is 2. The minimum atomic E-state index is -1.08. The van der Waals surface area contributed by atoms with Gasteiger partial charge in [-0.25, -0.2) is 13.6 Å². The lowest BCUT2D eigenvalue weighted by Gasteiger charge is -2.16. The van der Waals surface area contributed by atoms with E-state index in [1.165, 1.54) is 24.3 Å². The first-order valence-corrected chi connectivity index (χ1v) is 8.46. The molecule has 0 aliphatic carbocycles. The van der Waals surface area contributed by atoms with Crippen LogP contribution in [0.25, 0.3) is 0 Å². The first-order chi connectivity index (χ1) is 12.4. The Morgan fingerprint density at radius 1 is 0.962 bits per heavy atom. The molecule has 2 aromatic rings. The topological polar surface area (TPSA) is 72.5 Å². The van der Waals surface area contributed by atoms with Crippen LogP contribution in [-0.2, 0) is 9.53 Å². The van der Waals surface area contributed by atoms with Gasteiger partial charge in [-0.15, -0.1) is 0 Å². The van der Waals surface area contributed by atoms with Crippen LogP contribution in [0.15, 0.2) is 48.5 Å². The highest BCUT2D eigenvalue weighted by atomic mass is 32.2. The number of methoxy groups -OCH3 is 1. The van der Waals surface area contributed by atoms with Crippen molar-refractivity contribution in [1.82, 2.24) is 5.32 Å². The van der Waals surface area contributed by atoms with Crippen molar-refractivity contribution in [3.05, 3.63) is 71.3 Å². The van der Waals surface area contributed by atoms with E-state index in [0.29, 0.717) is 0 Å². The zero-order valence-electron chi connectivity index (χ0n) is 13.7. The number of halogens is 2. The molecule has 0 spiro atoms. The summed E-state index contributed by atoms with van der Waals surface area (Å²) in [5.41, 5.74) is 0.431. The molecule has 1 amide bonds.